The molecule has 0 aliphatic heterocycles. The van der Waals surface area contributed by atoms with Gasteiger partial charge in [-0.2, -0.15) is 0 Å². The molecule has 1 amide bonds. The Morgan fingerprint density at radius 3 is 2.63 bits per heavy atom. The van der Waals surface area contributed by atoms with Gasteiger partial charge in [-0.15, -0.1) is 0 Å². The Morgan fingerprint density at radius 1 is 1.42 bits per heavy atom. The number of esters is 1. The molecule has 1 rings (SSSR count). The van der Waals surface area contributed by atoms with Crippen LogP contribution >= 0.6 is 0 Å². The van der Waals surface area contributed by atoms with Gasteiger partial charge >= 0.3 is 5.97 Å². The predicted octanol–water partition coefficient (Wildman–Crippen LogP) is 1.71. The van der Waals surface area contributed by atoms with Crippen LogP contribution in [0, 0.1) is 12.8 Å². The van der Waals surface area contributed by atoms with E-state index in [0.717, 1.165) is 5.56 Å². The average Bonchev–Trinajstić information content (AvgIpc) is 2.39. The van der Waals surface area contributed by atoms with Crippen molar-refractivity contribution in [2.45, 2.75) is 20.3 Å². The normalized spacial score (nSPS) is 11.8. The summed E-state index contributed by atoms with van der Waals surface area (Å²) in [7, 11) is 1.33. The Kier molecular flexibility index (Phi) is 5.51. The Morgan fingerprint density at radius 2 is 2.11 bits per heavy atom. The van der Waals surface area contributed by atoms with E-state index in [2.05, 4.69) is 10.1 Å². The van der Waals surface area contributed by atoms with Crippen LogP contribution < -0.4 is 11.1 Å². The largest absolute Gasteiger partial charge is 0.465 e. The second kappa shape index (κ2) is 6.89. The number of carbonyl (C=O) groups excluding carboxylic acids is 2. The van der Waals surface area contributed by atoms with Crippen LogP contribution in [-0.4, -0.2) is 25.5 Å². The summed E-state index contributed by atoms with van der Waals surface area (Å²) >= 11 is 0. The zero-order valence-corrected chi connectivity index (χ0v) is 11.5. The molecule has 3 N–H and O–H groups in total. The SMILES string of the molecule is COC(=O)c1ccc(NC(=O)CC(C)CN)c(C)c1. The first kappa shape index (κ1) is 15.2. The first-order valence-corrected chi connectivity index (χ1v) is 6.16. The highest BCUT2D eigenvalue weighted by Crippen LogP contribution is 2.17. The summed E-state index contributed by atoms with van der Waals surface area (Å²) in [6, 6.07) is 5.02. The molecular formula is C14H20N2O3. The van der Waals surface area contributed by atoms with Gasteiger partial charge in [0.15, 0.2) is 0 Å². The van der Waals surface area contributed by atoms with Crippen LogP contribution in [0.25, 0.3) is 0 Å². The molecule has 1 aromatic carbocycles. The second-order valence-corrected chi connectivity index (χ2v) is 4.61. The zero-order valence-electron chi connectivity index (χ0n) is 11.5. The molecule has 0 bridgehead atoms. The molecule has 104 valence electrons. The lowest BCUT2D eigenvalue weighted by Gasteiger charge is -2.12. The Bertz CT molecular complexity index is 472. The lowest BCUT2D eigenvalue weighted by molar-refractivity contribution is -0.116. The maximum atomic E-state index is 11.8. The van der Waals surface area contributed by atoms with Gasteiger partial charge in [0.2, 0.25) is 5.91 Å². The van der Waals surface area contributed by atoms with Crippen molar-refractivity contribution < 1.29 is 14.3 Å². The Hall–Kier alpha value is -1.88. The summed E-state index contributed by atoms with van der Waals surface area (Å²) in [5, 5.41) is 2.81. The van der Waals surface area contributed by atoms with Crippen molar-refractivity contribution in [3.63, 3.8) is 0 Å². The number of rotatable bonds is 5. The second-order valence-electron chi connectivity index (χ2n) is 4.61. The van der Waals surface area contributed by atoms with E-state index in [0.29, 0.717) is 24.2 Å². The third-order valence-corrected chi connectivity index (χ3v) is 2.86. The number of amides is 1. The molecule has 1 atom stereocenters. The van der Waals surface area contributed by atoms with Crippen LogP contribution in [0.1, 0.15) is 29.3 Å². The van der Waals surface area contributed by atoms with Crippen molar-refractivity contribution in [2.75, 3.05) is 19.0 Å². The monoisotopic (exact) mass is 264 g/mol. The molecule has 5 nitrogen and oxygen atoms in total. The van der Waals surface area contributed by atoms with Gasteiger partial charge in [0.25, 0.3) is 0 Å². The molecule has 0 fully saturated rings. The number of benzene rings is 1. The number of anilines is 1. The van der Waals surface area contributed by atoms with Gasteiger partial charge in [-0.1, -0.05) is 6.92 Å². The summed E-state index contributed by atoms with van der Waals surface area (Å²) in [6.45, 7) is 4.23. The minimum atomic E-state index is -0.391. The van der Waals surface area contributed by atoms with E-state index < -0.39 is 5.97 Å². The molecule has 0 aromatic heterocycles. The standard InChI is InChI=1S/C14H20N2O3/c1-9(8-15)6-13(17)16-12-5-4-11(7-10(12)2)14(18)19-3/h4-5,7,9H,6,8,15H2,1-3H3,(H,16,17). The maximum absolute atomic E-state index is 11.8. The Balaban J connectivity index is 2.75. The van der Waals surface area contributed by atoms with Crippen molar-refractivity contribution in [1.29, 1.82) is 0 Å². The fourth-order valence-corrected chi connectivity index (χ4v) is 1.65. The molecule has 0 radical (unpaired) electrons. The number of aryl methyl sites for hydroxylation is 1. The third-order valence-electron chi connectivity index (χ3n) is 2.86. The summed E-state index contributed by atoms with van der Waals surface area (Å²) < 4.78 is 4.64. The topological polar surface area (TPSA) is 81.4 Å². The molecule has 0 saturated heterocycles. The van der Waals surface area contributed by atoms with Crippen molar-refractivity contribution in [3.8, 4) is 0 Å². The number of nitrogens with one attached hydrogen (secondary N) is 1. The highest BCUT2D eigenvalue weighted by Gasteiger charge is 2.11. The highest BCUT2D eigenvalue weighted by molar-refractivity contribution is 5.94. The fraction of sp³-hybridized carbons (Fsp3) is 0.429. The number of ether oxygens (including phenoxy) is 1. The smallest absolute Gasteiger partial charge is 0.337 e. The van der Waals surface area contributed by atoms with E-state index in [4.69, 9.17) is 5.73 Å². The first-order valence-electron chi connectivity index (χ1n) is 6.16. The minimum Gasteiger partial charge on any atom is -0.465 e. The van der Waals surface area contributed by atoms with Crippen LogP contribution in [0.4, 0.5) is 5.69 Å². The average molecular weight is 264 g/mol. The van der Waals surface area contributed by atoms with E-state index in [1.54, 1.807) is 18.2 Å². The number of carbonyl (C=O) groups is 2. The quantitative estimate of drug-likeness (QED) is 0.793. The van der Waals surface area contributed by atoms with Crippen LogP contribution in [0.3, 0.4) is 0 Å². The molecule has 1 unspecified atom stereocenters. The lowest BCUT2D eigenvalue weighted by atomic mass is 10.1. The highest BCUT2D eigenvalue weighted by atomic mass is 16.5. The Labute approximate surface area is 113 Å². The number of methoxy groups -OCH3 is 1. The number of hydrogen-bond donors (Lipinski definition) is 2. The predicted molar refractivity (Wildman–Crippen MR) is 74.0 cm³/mol. The summed E-state index contributed by atoms with van der Waals surface area (Å²) in [4.78, 5) is 23.1. The minimum absolute atomic E-state index is 0.0770. The van der Waals surface area contributed by atoms with Gasteiger partial charge in [0, 0.05) is 12.1 Å². The molecule has 0 spiro atoms. The molecule has 0 aliphatic carbocycles. The first-order chi connectivity index (χ1) is 8.97. The van der Waals surface area contributed by atoms with E-state index >= 15 is 0 Å². The van der Waals surface area contributed by atoms with E-state index in [1.807, 2.05) is 13.8 Å². The van der Waals surface area contributed by atoms with Crippen LogP contribution in [0.15, 0.2) is 18.2 Å². The molecule has 19 heavy (non-hydrogen) atoms. The van der Waals surface area contributed by atoms with E-state index in [-0.39, 0.29) is 11.8 Å². The van der Waals surface area contributed by atoms with Crippen molar-refractivity contribution in [1.82, 2.24) is 0 Å². The summed E-state index contributed by atoms with van der Waals surface area (Å²) in [6.07, 6.45) is 0.384. The van der Waals surface area contributed by atoms with Crippen molar-refractivity contribution >= 4 is 17.6 Å². The van der Waals surface area contributed by atoms with Crippen LogP contribution in [0.5, 0.6) is 0 Å². The van der Waals surface area contributed by atoms with Crippen LogP contribution in [-0.2, 0) is 9.53 Å². The molecule has 0 saturated carbocycles. The number of hydrogen-bond acceptors (Lipinski definition) is 4. The molecule has 0 aliphatic rings. The summed E-state index contributed by atoms with van der Waals surface area (Å²) in [5.74, 6) is -0.320. The number of nitrogens with two attached hydrogens (primary N) is 1. The molecule has 0 heterocycles. The van der Waals surface area contributed by atoms with Crippen molar-refractivity contribution in [3.05, 3.63) is 29.3 Å². The van der Waals surface area contributed by atoms with Gasteiger partial charge in [-0.3, -0.25) is 4.79 Å². The maximum Gasteiger partial charge on any atom is 0.337 e. The molecular weight excluding hydrogens is 244 g/mol. The van der Waals surface area contributed by atoms with E-state index in [9.17, 15) is 9.59 Å². The van der Waals surface area contributed by atoms with Gasteiger partial charge < -0.3 is 15.8 Å². The lowest BCUT2D eigenvalue weighted by Crippen LogP contribution is -2.20. The fourth-order valence-electron chi connectivity index (χ4n) is 1.65. The van der Waals surface area contributed by atoms with Crippen molar-refractivity contribution in [2.24, 2.45) is 11.7 Å². The molecule has 1 aromatic rings. The van der Waals surface area contributed by atoms with Gasteiger partial charge in [-0.25, -0.2) is 4.79 Å². The van der Waals surface area contributed by atoms with Gasteiger partial charge in [0.1, 0.15) is 0 Å². The van der Waals surface area contributed by atoms with Gasteiger partial charge in [0.05, 0.1) is 12.7 Å². The molecule has 5 heteroatoms. The third kappa shape index (κ3) is 4.37. The van der Waals surface area contributed by atoms with E-state index in [1.165, 1.54) is 7.11 Å². The van der Waals surface area contributed by atoms with Crippen LogP contribution in [0.2, 0.25) is 0 Å². The van der Waals surface area contributed by atoms with Gasteiger partial charge in [-0.05, 0) is 43.1 Å². The summed E-state index contributed by atoms with van der Waals surface area (Å²) in [5.41, 5.74) is 7.46. The zero-order chi connectivity index (χ0) is 14.4.